The van der Waals surface area contributed by atoms with Crippen LogP contribution < -0.4 is 9.22 Å². The molecular formula is C24H24F2NO6+. The van der Waals surface area contributed by atoms with Gasteiger partial charge in [-0.3, -0.25) is 4.79 Å². The summed E-state index contributed by atoms with van der Waals surface area (Å²) in [5, 5.41) is 10.4. The van der Waals surface area contributed by atoms with Crippen LogP contribution in [-0.2, 0) is 4.74 Å². The smallest absolute Gasteiger partial charge is 0.467 e. The molecule has 2 aromatic carbocycles. The number of halogens is 2. The van der Waals surface area contributed by atoms with Crippen molar-refractivity contribution in [3.8, 4) is 5.75 Å². The predicted molar refractivity (Wildman–Crippen MR) is 117 cm³/mol. The zero-order valence-electron chi connectivity index (χ0n) is 18.1. The number of hydrogen-bond acceptors (Lipinski definition) is 5. The van der Waals surface area contributed by atoms with E-state index in [9.17, 15) is 23.5 Å². The zero-order valence-corrected chi connectivity index (χ0v) is 18.1. The maximum atomic E-state index is 14.7. The van der Waals surface area contributed by atoms with Gasteiger partial charge in [-0.1, -0.05) is 12.1 Å². The molecule has 174 valence electrons. The van der Waals surface area contributed by atoms with E-state index in [0.717, 1.165) is 37.8 Å². The first-order valence-corrected chi connectivity index (χ1v) is 10.7. The molecule has 0 unspecified atom stereocenters. The van der Waals surface area contributed by atoms with Crippen LogP contribution in [0.1, 0.15) is 41.6 Å². The first-order chi connectivity index (χ1) is 15.9. The van der Waals surface area contributed by atoms with Crippen LogP contribution in [0.15, 0.2) is 40.8 Å². The van der Waals surface area contributed by atoms with Crippen molar-refractivity contribution in [3.63, 3.8) is 0 Å². The number of amides is 1. The van der Waals surface area contributed by atoms with Gasteiger partial charge in [0.1, 0.15) is 16.9 Å². The Hall–Kier alpha value is -3.30. The highest BCUT2D eigenvalue weighted by atomic mass is 19.2. The molecule has 2 heterocycles. The number of quaternary nitrogens is 1. The molecule has 1 saturated heterocycles. The van der Waals surface area contributed by atoms with E-state index < -0.39 is 29.1 Å². The Bertz CT molecular complexity index is 1200. The second kappa shape index (κ2) is 9.29. The van der Waals surface area contributed by atoms with E-state index >= 15 is 0 Å². The highest BCUT2D eigenvalue weighted by Gasteiger charge is 2.43. The monoisotopic (exact) mass is 460 g/mol. The molecule has 0 spiro atoms. The fraction of sp³-hybridized carbons (Fsp3) is 0.333. The number of fused-ring (bicyclic) bond motifs is 1. The largest absolute Gasteiger partial charge is 0.521 e. The molecule has 9 heteroatoms. The highest BCUT2D eigenvalue weighted by Crippen LogP contribution is 2.37. The van der Waals surface area contributed by atoms with Crippen LogP contribution in [0.4, 0.5) is 19.5 Å². The van der Waals surface area contributed by atoms with Gasteiger partial charge in [-0.05, 0) is 43.9 Å². The molecule has 1 aromatic heterocycles. The molecule has 3 aromatic rings. The van der Waals surface area contributed by atoms with Crippen molar-refractivity contribution in [1.82, 2.24) is 4.48 Å². The summed E-state index contributed by atoms with van der Waals surface area (Å²) < 4.78 is 44.4. The van der Waals surface area contributed by atoms with Crippen LogP contribution in [0.5, 0.6) is 5.75 Å². The van der Waals surface area contributed by atoms with Gasteiger partial charge in [0.05, 0.1) is 19.2 Å². The molecule has 1 fully saturated rings. The van der Waals surface area contributed by atoms with E-state index in [-0.39, 0.29) is 34.1 Å². The number of methoxy groups -OCH3 is 1. The number of rotatable bonds is 6. The lowest BCUT2D eigenvalue weighted by molar-refractivity contribution is 0.0499. The summed E-state index contributed by atoms with van der Waals surface area (Å²) in [4.78, 5) is 25.7. The van der Waals surface area contributed by atoms with Crippen LogP contribution in [0.25, 0.3) is 11.0 Å². The lowest BCUT2D eigenvalue weighted by Crippen LogP contribution is -2.54. The average Bonchev–Trinajstić information content (AvgIpc) is 3.09. The Balaban J connectivity index is 1.84. The molecule has 0 radical (unpaired) electrons. The van der Waals surface area contributed by atoms with Crippen molar-refractivity contribution >= 4 is 28.7 Å². The minimum Gasteiger partial charge on any atom is -0.467 e. The predicted octanol–water partition coefficient (Wildman–Crippen LogP) is 5.48. The number of carboxylic acid groups (broad SMARTS) is 1. The Morgan fingerprint density at radius 2 is 1.82 bits per heavy atom. The van der Waals surface area contributed by atoms with Crippen molar-refractivity contribution in [3.05, 3.63) is 59.2 Å². The third kappa shape index (κ3) is 4.09. The quantitative estimate of drug-likeness (QED) is 0.298. The van der Waals surface area contributed by atoms with Gasteiger partial charge in [0.25, 0.3) is 0 Å². The number of carbonyl (C=O) groups excluding carboxylic acids is 1. The molecule has 4 rings (SSSR count). The van der Waals surface area contributed by atoms with Gasteiger partial charge in [-0.2, -0.15) is 9.28 Å². The molecule has 0 atom stereocenters. The van der Waals surface area contributed by atoms with Gasteiger partial charge >= 0.3 is 12.0 Å². The molecule has 7 nitrogen and oxygen atoms in total. The van der Waals surface area contributed by atoms with Gasteiger partial charge in [0.2, 0.25) is 5.78 Å². The summed E-state index contributed by atoms with van der Waals surface area (Å²) in [5.74, 6) is -3.30. The van der Waals surface area contributed by atoms with Gasteiger partial charge in [-0.15, -0.1) is 0 Å². The molecule has 1 aliphatic rings. The number of hydrogen-bond donors (Lipinski definition) is 1. The van der Waals surface area contributed by atoms with E-state index in [1.807, 2.05) is 0 Å². The van der Waals surface area contributed by atoms with Crippen molar-refractivity contribution in [2.24, 2.45) is 0 Å². The molecule has 33 heavy (non-hydrogen) atoms. The Labute approximate surface area is 188 Å². The molecule has 1 N–H and O–H groups in total. The van der Waals surface area contributed by atoms with E-state index in [1.165, 1.54) is 19.2 Å². The van der Waals surface area contributed by atoms with Crippen molar-refractivity contribution < 1.29 is 37.4 Å². The van der Waals surface area contributed by atoms with Crippen LogP contribution in [0.2, 0.25) is 0 Å². The maximum absolute atomic E-state index is 14.7. The number of carbonyl (C=O) groups is 2. The maximum Gasteiger partial charge on any atom is 0.521 e. The lowest BCUT2D eigenvalue weighted by atomic mass is 9.98. The third-order valence-electron chi connectivity index (χ3n) is 6.03. The molecule has 0 aliphatic carbocycles. The van der Waals surface area contributed by atoms with Gasteiger partial charge in [-0.25, -0.2) is 8.78 Å². The lowest BCUT2D eigenvalue weighted by Gasteiger charge is -2.27. The number of benzene rings is 2. The first-order valence-electron chi connectivity index (χ1n) is 10.7. The summed E-state index contributed by atoms with van der Waals surface area (Å²) in [5.41, 5.74) is -0.234. The summed E-state index contributed by atoms with van der Waals surface area (Å²) in [6, 6.07) is 8.16. The van der Waals surface area contributed by atoms with Crippen LogP contribution >= 0.6 is 0 Å². The zero-order chi connectivity index (χ0) is 23.6. The standard InChI is InChI=1S/C24H23F2NO6/c1-31-14-32-19-10-9-17(25)22(26)21(19)23(28)15-7-6-8-18-16(15)13-20(33-18)27(24(29)30)11-4-2-3-5-12-27/h6-10,13H,2-5,11-12,14H2,1H3/p+1. The van der Waals surface area contributed by atoms with Crippen LogP contribution in [-0.4, -0.2) is 44.0 Å². The van der Waals surface area contributed by atoms with Crippen LogP contribution in [0, 0.1) is 11.6 Å². The molecule has 0 bridgehead atoms. The fourth-order valence-electron chi connectivity index (χ4n) is 4.31. The van der Waals surface area contributed by atoms with E-state index in [1.54, 1.807) is 12.1 Å². The Morgan fingerprint density at radius 1 is 1.09 bits per heavy atom. The minimum atomic E-state index is -1.34. The Kier molecular flexibility index (Phi) is 6.44. The normalized spacial score (nSPS) is 15.8. The van der Waals surface area contributed by atoms with Crippen molar-refractivity contribution in [2.45, 2.75) is 25.7 Å². The van der Waals surface area contributed by atoms with Gasteiger partial charge in [0.15, 0.2) is 18.4 Å². The summed E-state index contributed by atoms with van der Waals surface area (Å²) in [7, 11) is 1.36. The van der Waals surface area contributed by atoms with Crippen molar-refractivity contribution in [2.75, 3.05) is 27.0 Å². The summed E-state index contributed by atoms with van der Waals surface area (Å²) in [6.07, 6.45) is 2.28. The fourth-order valence-corrected chi connectivity index (χ4v) is 4.31. The topological polar surface area (TPSA) is 86.0 Å². The SMILES string of the molecule is COCOc1ccc(F)c(F)c1C(=O)c1cccc2oc([N+]3(C(=O)O)CCCCCC3)cc12. The van der Waals surface area contributed by atoms with Gasteiger partial charge in [0, 0.05) is 18.1 Å². The number of likely N-dealkylation sites (tertiary alicyclic amines) is 1. The highest BCUT2D eigenvalue weighted by molar-refractivity contribution is 6.17. The minimum absolute atomic E-state index is 0.0487. The second-order valence-corrected chi connectivity index (χ2v) is 8.03. The number of ketones is 1. The number of ether oxygens (including phenoxy) is 2. The molecule has 1 aliphatic heterocycles. The second-order valence-electron chi connectivity index (χ2n) is 8.03. The number of furan rings is 1. The summed E-state index contributed by atoms with van der Waals surface area (Å²) in [6.45, 7) is 0.474. The number of nitrogens with zero attached hydrogens (tertiary/aromatic N) is 1. The first kappa shape index (κ1) is 22.9. The molecule has 0 saturated carbocycles. The summed E-state index contributed by atoms with van der Waals surface area (Å²) >= 11 is 0. The Morgan fingerprint density at radius 3 is 2.48 bits per heavy atom. The van der Waals surface area contributed by atoms with E-state index in [2.05, 4.69) is 0 Å². The van der Waals surface area contributed by atoms with Crippen molar-refractivity contribution in [1.29, 1.82) is 0 Å². The van der Waals surface area contributed by atoms with E-state index in [0.29, 0.717) is 18.5 Å². The van der Waals surface area contributed by atoms with E-state index in [4.69, 9.17) is 13.9 Å². The van der Waals surface area contributed by atoms with Gasteiger partial charge < -0.3 is 19.0 Å². The molecule has 1 amide bonds. The molecular weight excluding hydrogens is 436 g/mol. The average molecular weight is 460 g/mol. The third-order valence-corrected chi connectivity index (χ3v) is 6.03. The van der Waals surface area contributed by atoms with Crippen LogP contribution in [0.3, 0.4) is 0 Å².